The number of carboxylic acid groups (broad SMARTS) is 1. The Bertz CT molecular complexity index is 786. The maximum Gasteiger partial charge on any atom is 0.330 e. The molecular formula is C21H23NO3. The van der Waals surface area contributed by atoms with Crippen molar-refractivity contribution in [3.8, 4) is 5.75 Å². The molecule has 0 heterocycles. The number of benzene rings is 2. The maximum atomic E-state index is 12.2. The summed E-state index contributed by atoms with van der Waals surface area (Å²) < 4.78 is 6.05. The maximum absolute atomic E-state index is 12.2. The summed E-state index contributed by atoms with van der Waals surface area (Å²) in [6, 6.07) is 13.8. The Kier molecular flexibility index (Phi) is 3.91. The molecule has 4 heteroatoms. The van der Waals surface area contributed by atoms with Gasteiger partial charge in [-0.05, 0) is 48.4 Å². The van der Waals surface area contributed by atoms with Crippen LogP contribution in [-0.2, 0) is 17.6 Å². The number of rotatable bonds is 6. The first-order chi connectivity index (χ1) is 12.1. The Morgan fingerprint density at radius 2 is 1.84 bits per heavy atom. The van der Waals surface area contributed by atoms with E-state index >= 15 is 0 Å². The summed E-state index contributed by atoms with van der Waals surface area (Å²) in [5, 5.41) is 13.3. The monoisotopic (exact) mass is 337 g/mol. The van der Waals surface area contributed by atoms with Crippen molar-refractivity contribution in [2.24, 2.45) is 5.92 Å². The molecule has 0 aliphatic heterocycles. The molecule has 0 amide bonds. The molecule has 2 aromatic carbocycles. The van der Waals surface area contributed by atoms with Crippen molar-refractivity contribution in [2.45, 2.75) is 38.1 Å². The standard InChI is InChI=1S/C21H23NO3/c1-14-5-4-8-18(19(14)25-13-15-9-10-15)22-21(20(23)24)11-16-6-2-3-7-17(16)12-21/h2-8,15,22H,9-13H2,1H3,(H,23,24). The molecule has 0 unspecified atom stereocenters. The fourth-order valence-electron chi connectivity index (χ4n) is 3.59. The molecular weight excluding hydrogens is 314 g/mol. The van der Waals surface area contributed by atoms with E-state index in [1.54, 1.807) is 0 Å². The highest BCUT2D eigenvalue weighted by atomic mass is 16.5. The van der Waals surface area contributed by atoms with Gasteiger partial charge in [-0.15, -0.1) is 0 Å². The van der Waals surface area contributed by atoms with E-state index < -0.39 is 11.5 Å². The molecule has 0 atom stereocenters. The molecule has 25 heavy (non-hydrogen) atoms. The van der Waals surface area contributed by atoms with Crippen LogP contribution in [0, 0.1) is 12.8 Å². The van der Waals surface area contributed by atoms with Crippen LogP contribution in [0.5, 0.6) is 5.75 Å². The van der Waals surface area contributed by atoms with Crippen LogP contribution >= 0.6 is 0 Å². The summed E-state index contributed by atoms with van der Waals surface area (Å²) in [6.45, 7) is 2.71. The van der Waals surface area contributed by atoms with Crippen LogP contribution in [0.4, 0.5) is 5.69 Å². The number of carbonyl (C=O) groups is 1. The van der Waals surface area contributed by atoms with Gasteiger partial charge in [-0.3, -0.25) is 0 Å². The lowest BCUT2D eigenvalue weighted by Gasteiger charge is -2.28. The Balaban J connectivity index is 1.63. The molecule has 2 aromatic rings. The Hall–Kier alpha value is -2.49. The van der Waals surface area contributed by atoms with Crippen LogP contribution in [0.25, 0.3) is 0 Å². The zero-order chi connectivity index (χ0) is 17.4. The van der Waals surface area contributed by atoms with E-state index in [2.05, 4.69) is 5.32 Å². The normalized spacial score (nSPS) is 17.8. The number of hydrogen-bond donors (Lipinski definition) is 2. The summed E-state index contributed by atoms with van der Waals surface area (Å²) >= 11 is 0. The minimum absolute atomic E-state index is 0.481. The van der Waals surface area contributed by atoms with E-state index in [0.717, 1.165) is 28.1 Å². The lowest BCUT2D eigenvalue weighted by Crippen LogP contribution is -2.47. The van der Waals surface area contributed by atoms with Crippen molar-refractivity contribution in [2.75, 3.05) is 11.9 Å². The fraction of sp³-hybridized carbons (Fsp3) is 0.381. The Labute approximate surface area is 147 Å². The van der Waals surface area contributed by atoms with Gasteiger partial charge in [0.25, 0.3) is 0 Å². The molecule has 1 fully saturated rings. The zero-order valence-corrected chi connectivity index (χ0v) is 14.4. The first-order valence-electron chi connectivity index (χ1n) is 8.88. The number of anilines is 1. The van der Waals surface area contributed by atoms with Crippen molar-refractivity contribution in [3.63, 3.8) is 0 Å². The molecule has 0 radical (unpaired) electrons. The minimum atomic E-state index is -1.02. The first kappa shape index (κ1) is 16.0. The molecule has 130 valence electrons. The number of hydrogen-bond acceptors (Lipinski definition) is 3. The number of ether oxygens (including phenoxy) is 1. The van der Waals surface area contributed by atoms with Gasteiger partial charge in [0.2, 0.25) is 0 Å². The van der Waals surface area contributed by atoms with Crippen LogP contribution < -0.4 is 10.1 Å². The second-order valence-corrected chi connectivity index (χ2v) is 7.34. The minimum Gasteiger partial charge on any atom is -0.491 e. The third kappa shape index (κ3) is 3.09. The van der Waals surface area contributed by atoms with Gasteiger partial charge in [0, 0.05) is 12.8 Å². The Morgan fingerprint density at radius 3 is 2.44 bits per heavy atom. The summed E-state index contributed by atoms with van der Waals surface area (Å²) in [4.78, 5) is 12.2. The SMILES string of the molecule is Cc1cccc(NC2(C(=O)O)Cc3ccccc3C2)c1OCC1CC1. The number of nitrogens with one attached hydrogen (secondary N) is 1. The summed E-state index contributed by atoms with van der Waals surface area (Å²) in [5.74, 6) is 0.612. The predicted octanol–water partition coefficient (Wildman–Crippen LogP) is 3.82. The molecule has 1 saturated carbocycles. The van der Waals surface area contributed by atoms with E-state index in [-0.39, 0.29) is 0 Å². The van der Waals surface area contributed by atoms with Crippen molar-refractivity contribution in [1.29, 1.82) is 0 Å². The second kappa shape index (κ2) is 6.10. The number of aliphatic carboxylic acids is 1. The molecule has 0 spiro atoms. The van der Waals surface area contributed by atoms with Crippen LogP contribution in [0.3, 0.4) is 0 Å². The van der Waals surface area contributed by atoms with E-state index in [1.807, 2.05) is 49.4 Å². The molecule has 2 N–H and O–H groups in total. The molecule has 4 rings (SSSR count). The van der Waals surface area contributed by atoms with Crippen LogP contribution in [0.2, 0.25) is 0 Å². The smallest absolute Gasteiger partial charge is 0.330 e. The molecule has 2 aliphatic carbocycles. The number of aryl methyl sites for hydroxylation is 1. The fourth-order valence-corrected chi connectivity index (χ4v) is 3.59. The summed E-state index contributed by atoms with van der Waals surface area (Å²) in [6.07, 6.45) is 3.41. The third-order valence-electron chi connectivity index (χ3n) is 5.26. The van der Waals surface area contributed by atoms with E-state index in [9.17, 15) is 9.90 Å². The number of carboxylic acids is 1. The molecule has 0 saturated heterocycles. The topological polar surface area (TPSA) is 58.6 Å². The number of fused-ring (bicyclic) bond motifs is 1. The van der Waals surface area contributed by atoms with Gasteiger partial charge in [-0.25, -0.2) is 4.79 Å². The highest BCUT2D eigenvalue weighted by molar-refractivity contribution is 5.86. The van der Waals surface area contributed by atoms with Gasteiger partial charge in [0.05, 0.1) is 12.3 Å². The summed E-state index contributed by atoms with van der Waals surface area (Å²) in [7, 11) is 0. The van der Waals surface area contributed by atoms with Crippen LogP contribution in [-0.4, -0.2) is 23.2 Å². The van der Waals surface area contributed by atoms with Gasteiger partial charge < -0.3 is 15.2 Å². The van der Waals surface area contributed by atoms with Crippen LogP contribution in [0.15, 0.2) is 42.5 Å². The second-order valence-electron chi connectivity index (χ2n) is 7.34. The summed E-state index contributed by atoms with van der Waals surface area (Å²) in [5.41, 5.74) is 2.99. The molecule has 4 nitrogen and oxygen atoms in total. The molecule has 0 bridgehead atoms. The third-order valence-corrected chi connectivity index (χ3v) is 5.26. The first-order valence-corrected chi connectivity index (χ1v) is 8.88. The van der Waals surface area contributed by atoms with Gasteiger partial charge in [-0.2, -0.15) is 0 Å². The van der Waals surface area contributed by atoms with Gasteiger partial charge in [0.1, 0.15) is 11.3 Å². The van der Waals surface area contributed by atoms with Gasteiger partial charge in [0.15, 0.2) is 0 Å². The van der Waals surface area contributed by atoms with Gasteiger partial charge >= 0.3 is 5.97 Å². The van der Waals surface area contributed by atoms with Crippen molar-refractivity contribution in [3.05, 3.63) is 59.2 Å². The van der Waals surface area contributed by atoms with Crippen molar-refractivity contribution < 1.29 is 14.6 Å². The average Bonchev–Trinajstić information content (AvgIpc) is 3.33. The quantitative estimate of drug-likeness (QED) is 0.841. The highest BCUT2D eigenvalue weighted by Crippen LogP contribution is 2.38. The Morgan fingerprint density at radius 1 is 1.16 bits per heavy atom. The highest BCUT2D eigenvalue weighted by Gasteiger charge is 2.44. The van der Waals surface area contributed by atoms with E-state index in [1.165, 1.54) is 12.8 Å². The lowest BCUT2D eigenvalue weighted by molar-refractivity contribution is -0.142. The molecule has 0 aromatic heterocycles. The van der Waals surface area contributed by atoms with E-state index in [0.29, 0.717) is 25.4 Å². The van der Waals surface area contributed by atoms with Crippen molar-refractivity contribution in [1.82, 2.24) is 0 Å². The van der Waals surface area contributed by atoms with E-state index in [4.69, 9.17) is 4.74 Å². The average molecular weight is 337 g/mol. The predicted molar refractivity (Wildman–Crippen MR) is 97.2 cm³/mol. The number of para-hydroxylation sites is 1. The lowest BCUT2D eigenvalue weighted by atomic mass is 9.95. The van der Waals surface area contributed by atoms with Crippen molar-refractivity contribution >= 4 is 11.7 Å². The zero-order valence-electron chi connectivity index (χ0n) is 14.4. The van der Waals surface area contributed by atoms with Gasteiger partial charge in [-0.1, -0.05) is 36.4 Å². The largest absolute Gasteiger partial charge is 0.491 e. The molecule has 2 aliphatic rings. The van der Waals surface area contributed by atoms with Crippen LogP contribution in [0.1, 0.15) is 29.5 Å².